The first-order valence-corrected chi connectivity index (χ1v) is 3.85. The predicted octanol–water partition coefficient (Wildman–Crippen LogP) is -1.02. The summed E-state index contributed by atoms with van der Waals surface area (Å²) in [5.41, 5.74) is 0. The lowest BCUT2D eigenvalue weighted by atomic mass is 10.5. The van der Waals surface area contributed by atoms with Crippen LogP contribution in [0.4, 0.5) is 0 Å². The average molecular weight is 161 g/mol. The van der Waals surface area contributed by atoms with E-state index in [1.165, 1.54) is 0 Å². The van der Waals surface area contributed by atoms with Crippen molar-refractivity contribution in [1.82, 2.24) is 16.0 Å². The van der Waals surface area contributed by atoms with Crippen molar-refractivity contribution in [2.45, 2.75) is 13.1 Å². The molecule has 0 spiro atoms. The van der Waals surface area contributed by atoms with E-state index in [0.717, 1.165) is 13.3 Å². The van der Waals surface area contributed by atoms with Crippen molar-refractivity contribution in [1.29, 1.82) is 0 Å². The molecule has 0 amide bonds. The monoisotopic (exact) mass is 161 g/mol. The lowest BCUT2D eigenvalue weighted by Gasteiger charge is -2.24. The minimum absolute atomic E-state index is 0.197. The van der Waals surface area contributed by atoms with Gasteiger partial charge in [0, 0.05) is 13.3 Å². The molecule has 0 saturated carbocycles. The van der Waals surface area contributed by atoms with Gasteiger partial charge in [-0.2, -0.15) is 0 Å². The molecule has 1 heterocycles. The smallest absolute Gasteiger partial charge is 0.111 e. The van der Waals surface area contributed by atoms with Gasteiger partial charge in [-0.15, -0.1) is 0 Å². The van der Waals surface area contributed by atoms with Gasteiger partial charge in [0.25, 0.3) is 0 Å². The van der Waals surface area contributed by atoms with Gasteiger partial charge in [-0.1, -0.05) is 0 Å². The zero-order valence-electron chi connectivity index (χ0n) is 6.72. The molecule has 1 rings (SSSR count). The average Bonchev–Trinajstić information content (AvgIpc) is 2.07. The van der Waals surface area contributed by atoms with Crippen LogP contribution in [0.2, 0.25) is 0 Å². The van der Waals surface area contributed by atoms with E-state index in [0.29, 0.717) is 13.2 Å². The first-order valence-electron chi connectivity index (χ1n) is 3.85. The van der Waals surface area contributed by atoms with Crippen LogP contribution in [0.5, 0.6) is 0 Å². The molecule has 0 aromatic heterocycles. The van der Waals surface area contributed by atoms with Crippen LogP contribution < -0.4 is 16.0 Å². The normalized spacial score (nSPS) is 20.5. The summed E-state index contributed by atoms with van der Waals surface area (Å²) in [6.07, 6.45) is 0.197. The van der Waals surface area contributed by atoms with Crippen molar-refractivity contribution in [2.24, 2.45) is 0 Å². The maximum atomic E-state index is 4.87. The Balaban J connectivity index is 1.96. The van der Waals surface area contributed by atoms with Gasteiger partial charge in [0.05, 0.1) is 12.8 Å². The Morgan fingerprint density at radius 2 is 2.00 bits per heavy atom. The molecule has 66 valence electrons. The van der Waals surface area contributed by atoms with Gasteiger partial charge in [0.2, 0.25) is 0 Å². The highest BCUT2D eigenvalue weighted by atomic mass is 17.2. The summed E-state index contributed by atoms with van der Waals surface area (Å²) in [6, 6.07) is 0. The summed E-state index contributed by atoms with van der Waals surface area (Å²) < 4.78 is 0. The number of nitrogens with one attached hydrogen (secondary N) is 3. The first kappa shape index (κ1) is 8.89. The molecule has 3 N–H and O–H groups in total. The van der Waals surface area contributed by atoms with Crippen LogP contribution >= 0.6 is 0 Å². The van der Waals surface area contributed by atoms with Crippen molar-refractivity contribution >= 4 is 0 Å². The number of hydrogen-bond acceptors (Lipinski definition) is 5. The van der Waals surface area contributed by atoms with E-state index in [4.69, 9.17) is 9.78 Å². The van der Waals surface area contributed by atoms with Crippen molar-refractivity contribution < 1.29 is 9.78 Å². The summed E-state index contributed by atoms with van der Waals surface area (Å²) in [7, 11) is 0. The third kappa shape index (κ3) is 3.64. The van der Waals surface area contributed by atoms with Crippen molar-refractivity contribution in [2.75, 3.05) is 26.6 Å². The van der Waals surface area contributed by atoms with Gasteiger partial charge >= 0.3 is 0 Å². The molecular weight excluding hydrogens is 146 g/mol. The SMILES string of the molecule is CCOOCC1NCNCN1. The van der Waals surface area contributed by atoms with Gasteiger partial charge in [0.1, 0.15) is 6.61 Å². The van der Waals surface area contributed by atoms with Crippen LogP contribution in [-0.2, 0) is 9.78 Å². The highest BCUT2D eigenvalue weighted by Gasteiger charge is 2.10. The van der Waals surface area contributed by atoms with Gasteiger partial charge in [-0.05, 0) is 6.92 Å². The van der Waals surface area contributed by atoms with Crippen LogP contribution in [0.3, 0.4) is 0 Å². The molecule has 1 aliphatic rings. The second-order valence-electron chi connectivity index (χ2n) is 2.26. The third-order valence-electron chi connectivity index (χ3n) is 1.38. The number of rotatable bonds is 4. The van der Waals surface area contributed by atoms with Crippen LogP contribution in [0.1, 0.15) is 6.92 Å². The maximum Gasteiger partial charge on any atom is 0.111 e. The molecule has 0 aromatic rings. The third-order valence-corrected chi connectivity index (χ3v) is 1.38. The van der Waals surface area contributed by atoms with Crippen LogP contribution in [0, 0.1) is 0 Å². The molecule has 5 heteroatoms. The molecule has 0 aromatic carbocycles. The molecule has 1 aliphatic heterocycles. The Morgan fingerprint density at radius 1 is 1.27 bits per heavy atom. The van der Waals surface area contributed by atoms with Crippen LogP contribution in [-0.4, -0.2) is 32.7 Å². The second kappa shape index (κ2) is 5.45. The van der Waals surface area contributed by atoms with E-state index in [1.807, 2.05) is 6.92 Å². The first-order chi connectivity index (χ1) is 5.43. The molecule has 0 unspecified atom stereocenters. The standard InChI is InChI=1S/C6H15N3O2/c1-2-10-11-3-6-8-4-7-5-9-6/h6-9H,2-5H2,1H3. The van der Waals surface area contributed by atoms with Gasteiger partial charge < -0.3 is 0 Å². The zero-order chi connectivity index (χ0) is 7.94. The number of hydrogen-bond donors (Lipinski definition) is 3. The predicted molar refractivity (Wildman–Crippen MR) is 40.5 cm³/mol. The lowest BCUT2D eigenvalue weighted by Crippen LogP contribution is -2.57. The molecule has 11 heavy (non-hydrogen) atoms. The minimum atomic E-state index is 0.197. The molecular formula is C6H15N3O2. The summed E-state index contributed by atoms with van der Waals surface area (Å²) >= 11 is 0. The fraction of sp³-hybridized carbons (Fsp3) is 1.00. The maximum absolute atomic E-state index is 4.87. The summed E-state index contributed by atoms with van der Waals surface area (Å²) in [6.45, 7) is 4.64. The van der Waals surface area contributed by atoms with E-state index in [2.05, 4.69) is 16.0 Å². The molecule has 0 bridgehead atoms. The quantitative estimate of drug-likeness (QED) is 0.280. The van der Waals surface area contributed by atoms with E-state index >= 15 is 0 Å². The van der Waals surface area contributed by atoms with E-state index < -0.39 is 0 Å². The zero-order valence-corrected chi connectivity index (χ0v) is 6.72. The fourth-order valence-electron chi connectivity index (χ4n) is 0.843. The lowest BCUT2D eigenvalue weighted by molar-refractivity contribution is -0.296. The summed E-state index contributed by atoms with van der Waals surface area (Å²) in [5, 5.41) is 9.39. The fourth-order valence-corrected chi connectivity index (χ4v) is 0.843. The van der Waals surface area contributed by atoms with Gasteiger partial charge in [-0.25, -0.2) is 9.78 Å². The summed E-state index contributed by atoms with van der Waals surface area (Å²) in [4.78, 5) is 9.61. The Bertz CT molecular complexity index is 95.8. The van der Waals surface area contributed by atoms with Crippen molar-refractivity contribution in [3.63, 3.8) is 0 Å². The summed E-state index contributed by atoms with van der Waals surface area (Å²) in [5.74, 6) is 0. The van der Waals surface area contributed by atoms with Crippen LogP contribution in [0.15, 0.2) is 0 Å². The topological polar surface area (TPSA) is 54.6 Å². The Labute approximate surface area is 66.4 Å². The van der Waals surface area contributed by atoms with Gasteiger partial charge in [0.15, 0.2) is 0 Å². The molecule has 5 nitrogen and oxygen atoms in total. The van der Waals surface area contributed by atoms with E-state index in [-0.39, 0.29) is 6.17 Å². The minimum Gasteiger partial charge on any atom is -0.292 e. The Hall–Kier alpha value is -0.200. The molecule has 0 aliphatic carbocycles. The van der Waals surface area contributed by atoms with Crippen molar-refractivity contribution in [3.8, 4) is 0 Å². The van der Waals surface area contributed by atoms with Crippen molar-refractivity contribution in [3.05, 3.63) is 0 Å². The second-order valence-corrected chi connectivity index (χ2v) is 2.26. The molecule has 0 radical (unpaired) electrons. The van der Waals surface area contributed by atoms with E-state index in [1.54, 1.807) is 0 Å². The largest absolute Gasteiger partial charge is 0.292 e. The molecule has 0 atom stereocenters. The highest BCUT2D eigenvalue weighted by molar-refractivity contribution is 4.65. The molecule has 1 fully saturated rings. The Kier molecular flexibility index (Phi) is 4.41. The van der Waals surface area contributed by atoms with E-state index in [9.17, 15) is 0 Å². The highest BCUT2D eigenvalue weighted by Crippen LogP contribution is 1.84. The Morgan fingerprint density at radius 3 is 2.64 bits per heavy atom. The molecule has 1 saturated heterocycles. The van der Waals surface area contributed by atoms with Crippen LogP contribution in [0.25, 0.3) is 0 Å². The van der Waals surface area contributed by atoms with Gasteiger partial charge in [-0.3, -0.25) is 16.0 Å².